The van der Waals surface area contributed by atoms with Crippen LogP contribution in [0.3, 0.4) is 0 Å². The number of nitrogens with zero attached hydrogens (tertiary/aromatic N) is 2. The Kier molecular flexibility index (Phi) is 8.27. The standard InChI is InChI=1S/C34H32N2O3/c37-32-25-33(38)36(24-22-31(28-17-9-3-10-18-28)29-19-11-4-12-20-29)34(39)35(32)23-21-30(26-13-5-1-6-14-26)27-15-7-2-8-16-27/h1-20,30-31H,21-25H2. The summed E-state index contributed by atoms with van der Waals surface area (Å²) in [6.45, 7) is 0.493. The van der Waals surface area contributed by atoms with E-state index in [1.807, 2.05) is 72.8 Å². The van der Waals surface area contributed by atoms with Gasteiger partial charge in [0.1, 0.15) is 6.42 Å². The molecule has 4 aromatic rings. The number of urea groups is 1. The van der Waals surface area contributed by atoms with Gasteiger partial charge in [-0.3, -0.25) is 19.4 Å². The van der Waals surface area contributed by atoms with Crippen LogP contribution >= 0.6 is 0 Å². The van der Waals surface area contributed by atoms with Gasteiger partial charge >= 0.3 is 6.03 Å². The van der Waals surface area contributed by atoms with Gasteiger partial charge in [0.2, 0.25) is 11.8 Å². The Morgan fingerprint density at radius 2 is 0.744 bits per heavy atom. The molecule has 0 spiro atoms. The first kappa shape index (κ1) is 26.1. The molecule has 196 valence electrons. The number of carbonyl (C=O) groups is 3. The molecule has 0 aliphatic carbocycles. The molecule has 5 nitrogen and oxygen atoms in total. The van der Waals surface area contributed by atoms with Crippen molar-refractivity contribution < 1.29 is 14.4 Å². The van der Waals surface area contributed by atoms with Gasteiger partial charge in [-0.2, -0.15) is 0 Å². The van der Waals surface area contributed by atoms with Gasteiger partial charge in [0.25, 0.3) is 0 Å². The van der Waals surface area contributed by atoms with Crippen molar-refractivity contribution in [3.05, 3.63) is 144 Å². The van der Waals surface area contributed by atoms with Crippen LogP contribution in [0.15, 0.2) is 121 Å². The van der Waals surface area contributed by atoms with Crippen LogP contribution in [0, 0.1) is 0 Å². The monoisotopic (exact) mass is 516 g/mol. The molecule has 0 bridgehead atoms. The van der Waals surface area contributed by atoms with E-state index in [1.165, 1.54) is 9.80 Å². The topological polar surface area (TPSA) is 57.7 Å². The Morgan fingerprint density at radius 3 is 1.03 bits per heavy atom. The van der Waals surface area contributed by atoms with E-state index in [2.05, 4.69) is 48.5 Å². The quantitative estimate of drug-likeness (QED) is 0.223. The molecule has 0 N–H and O–H groups in total. The molecule has 1 heterocycles. The molecule has 0 radical (unpaired) electrons. The molecule has 1 saturated heterocycles. The second-order valence-corrected chi connectivity index (χ2v) is 9.88. The summed E-state index contributed by atoms with van der Waals surface area (Å²) in [5.41, 5.74) is 4.51. The molecule has 1 aliphatic heterocycles. The van der Waals surface area contributed by atoms with Gasteiger partial charge in [-0.15, -0.1) is 0 Å². The maximum Gasteiger partial charge on any atom is 0.333 e. The predicted molar refractivity (Wildman–Crippen MR) is 152 cm³/mol. The third kappa shape index (κ3) is 6.15. The third-order valence-corrected chi connectivity index (χ3v) is 7.46. The highest BCUT2D eigenvalue weighted by molar-refractivity contribution is 6.14. The highest BCUT2D eigenvalue weighted by Gasteiger charge is 2.38. The molecular formula is C34H32N2O3. The van der Waals surface area contributed by atoms with Crippen LogP contribution in [0.5, 0.6) is 0 Å². The van der Waals surface area contributed by atoms with Gasteiger partial charge in [0.05, 0.1) is 0 Å². The van der Waals surface area contributed by atoms with Crippen LogP contribution in [0.4, 0.5) is 4.79 Å². The minimum atomic E-state index is -0.518. The fraction of sp³-hybridized carbons (Fsp3) is 0.206. The van der Waals surface area contributed by atoms with Crippen LogP contribution in [-0.2, 0) is 9.59 Å². The van der Waals surface area contributed by atoms with Gasteiger partial charge < -0.3 is 0 Å². The first-order valence-electron chi connectivity index (χ1n) is 13.5. The summed E-state index contributed by atoms with van der Waals surface area (Å²) < 4.78 is 0. The SMILES string of the molecule is O=C1CC(=O)N(CCC(c2ccccc2)c2ccccc2)C(=O)N1CCC(c1ccccc1)c1ccccc1. The predicted octanol–water partition coefficient (Wildman–Crippen LogP) is 6.61. The van der Waals surface area contributed by atoms with Crippen molar-refractivity contribution in [2.75, 3.05) is 13.1 Å². The fourth-order valence-corrected chi connectivity index (χ4v) is 5.43. The Hall–Kier alpha value is -4.51. The Bertz CT molecular complexity index is 1210. The summed E-state index contributed by atoms with van der Waals surface area (Å²) in [7, 11) is 0. The van der Waals surface area contributed by atoms with E-state index in [4.69, 9.17) is 0 Å². The molecule has 5 rings (SSSR count). The second kappa shape index (κ2) is 12.4. The van der Waals surface area contributed by atoms with Crippen molar-refractivity contribution >= 4 is 17.8 Å². The molecule has 5 heteroatoms. The lowest BCUT2D eigenvalue weighted by molar-refractivity contribution is -0.142. The van der Waals surface area contributed by atoms with Crippen LogP contribution < -0.4 is 0 Å². The minimum absolute atomic E-state index is 0.0274. The first-order valence-corrected chi connectivity index (χ1v) is 13.5. The summed E-state index contributed by atoms with van der Waals surface area (Å²) in [5, 5.41) is 0. The number of amides is 4. The lowest BCUT2D eigenvalue weighted by Crippen LogP contribution is -2.55. The molecule has 0 unspecified atom stereocenters. The van der Waals surface area contributed by atoms with E-state index < -0.39 is 17.8 Å². The van der Waals surface area contributed by atoms with Crippen molar-refractivity contribution in [1.82, 2.24) is 9.80 Å². The molecule has 1 fully saturated rings. The minimum Gasteiger partial charge on any atom is -0.274 e. The van der Waals surface area contributed by atoms with E-state index in [1.54, 1.807) is 0 Å². The molecule has 0 saturated carbocycles. The van der Waals surface area contributed by atoms with Crippen LogP contribution in [-0.4, -0.2) is 40.7 Å². The normalized spacial score (nSPS) is 13.9. The molecule has 0 atom stereocenters. The number of imide groups is 2. The van der Waals surface area contributed by atoms with E-state index in [-0.39, 0.29) is 31.3 Å². The number of hydrogen-bond acceptors (Lipinski definition) is 3. The third-order valence-electron chi connectivity index (χ3n) is 7.46. The van der Waals surface area contributed by atoms with Crippen LogP contribution in [0.25, 0.3) is 0 Å². The maximum atomic E-state index is 13.5. The smallest absolute Gasteiger partial charge is 0.274 e. The zero-order valence-corrected chi connectivity index (χ0v) is 21.9. The number of hydrogen-bond donors (Lipinski definition) is 0. The molecular weight excluding hydrogens is 484 g/mol. The summed E-state index contributed by atoms with van der Waals surface area (Å²) in [6, 6.07) is 39.9. The summed E-state index contributed by atoms with van der Waals surface area (Å²) >= 11 is 0. The average Bonchev–Trinajstić information content (AvgIpc) is 2.98. The van der Waals surface area contributed by atoms with E-state index in [0.29, 0.717) is 12.8 Å². The molecule has 1 aliphatic rings. The highest BCUT2D eigenvalue weighted by atomic mass is 16.2. The Labute approximate surface area is 229 Å². The Balaban J connectivity index is 1.32. The molecule has 4 aromatic carbocycles. The lowest BCUT2D eigenvalue weighted by atomic mass is 9.88. The van der Waals surface area contributed by atoms with Gasteiger partial charge in [0.15, 0.2) is 0 Å². The number of rotatable bonds is 10. The van der Waals surface area contributed by atoms with E-state index >= 15 is 0 Å². The van der Waals surface area contributed by atoms with Crippen molar-refractivity contribution in [2.45, 2.75) is 31.1 Å². The van der Waals surface area contributed by atoms with Crippen molar-refractivity contribution in [3.63, 3.8) is 0 Å². The zero-order valence-electron chi connectivity index (χ0n) is 21.9. The van der Waals surface area contributed by atoms with Crippen molar-refractivity contribution in [3.8, 4) is 0 Å². The lowest BCUT2D eigenvalue weighted by Gasteiger charge is -2.34. The second-order valence-electron chi connectivity index (χ2n) is 9.88. The largest absolute Gasteiger partial charge is 0.333 e. The first-order chi connectivity index (χ1) is 19.1. The summed E-state index contributed by atoms with van der Waals surface area (Å²) in [4.78, 5) is 41.8. The maximum absolute atomic E-state index is 13.5. The van der Waals surface area contributed by atoms with Gasteiger partial charge in [-0.25, -0.2) is 4.79 Å². The highest BCUT2D eigenvalue weighted by Crippen LogP contribution is 2.31. The number of benzene rings is 4. The Morgan fingerprint density at radius 1 is 0.462 bits per heavy atom. The average molecular weight is 517 g/mol. The van der Waals surface area contributed by atoms with Crippen molar-refractivity contribution in [2.24, 2.45) is 0 Å². The number of carbonyl (C=O) groups excluding carboxylic acids is 3. The molecule has 0 aromatic heterocycles. The van der Waals surface area contributed by atoms with Crippen LogP contribution in [0.2, 0.25) is 0 Å². The zero-order chi connectivity index (χ0) is 27.0. The van der Waals surface area contributed by atoms with Gasteiger partial charge in [-0.1, -0.05) is 121 Å². The fourth-order valence-electron chi connectivity index (χ4n) is 5.43. The summed E-state index contributed by atoms with van der Waals surface area (Å²) in [6.07, 6.45) is 0.864. The molecule has 4 amide bonds. The van der Waals surface area contributed by atoms with E-state index in [9.17, 15) is 14.4 Å². The van der Waals surface area contributed by atoms with E-state index in [0.717, 1.165) is 22.3 Å². The van der Waals surface area contributed by atoms with Gasteiger partial charge in [0, 0.05) is 24.9 Å². The van der Waals surface area contributed by atoms with Gasteiger partial charge in [-0.05, 0) is 35.1 Å². The summed E-state index contributed by atoms with van der Waals surface area (Å²) in [5.74, 6) is -0.799. The van der Waals surface area contributed by atoms with Crippen LogP contribution in [0.1, 0.15) is 53.4 Å². The number of barbiturate groups is 1. The van der Waals surface area contributed by atoms with Crippen molar-refractivity contribution in [1.29, 1.82) is 0 Å². The molecule has 39 heavy (non-hydrogen) atoms.